The van der Waals surface area contributed by atoms with E-state index < -0.39 is 0 Å². The molecule has 0 bridgehead atoms. The number of hydrogen-bond donors (Lipinski definition) is 3. The van der Waals surface area contributed by atoms with Gasteiger partial charge in [0.15, 0.2) is 0 Å². The van der Waals surface area contributed by atoms with Gasteiger partial charge in [-0.15, -0.1) is 0 Å². The van der Waals surface area contributed by atoms with E-state index in [2.05, 4.69) is 0 Å². The van der Waals surface area contributed by atoms with E-state index in [4.69, 9.17) is 5.11 Å². The molecule has 0 fully saturated rings. The van der Waals surface area contributed by atoms with Crippen LogP contribution in [-0.2, 0) is 13.2 Å². The van der Waals surface area contributed by atoms with Crippen LogP contribution in [0.15, 0.2) is 12.1 Å². The van der Waals surface area contributed by atoms with Gasteiger partial charge < -0.3 is 15.3 Å². The average molecular weight is 196 g/mol. The Hall–Kier alpha value is -1.06. The van der Waals surface area contributed by atoms with Crippen LogP contribution in [0.4, 0.5) is 0 Å². The predicted molar refractivity (Wildman–Crippen MR) is 54.0 cm³/mol. The summed E-state index contributed by atoms with van der Waals surface area (Å²) in [7, 11) is 0. The lowest BCUT2D eigenvalue weighted by Gasteiger charge is -2.16. The first-order chi connectivity index (χ1) is 6.61. The van der Waals surface area contributed by atoms with Crippen LogP contribution in [0, 0.1) is 0 Å². The summed E-state index contributed by atoms with van der Waals surface area (Å²) in [5.74, 6) is 0.310. The Balaban J connectivity index is 3.35. The Bertz CT molecular complexity index is 319. The summed E-state index contributed by atoms with van der Waals surface area (Å²) in [5, 5.41) is 27.9. The van der Waals surface area contributed by atoms with E-state index in [1.165, 1.54) is 0 Å². The molecule has 0 unspecified atom stereocenters. The number of rotatable bonds is 3. The SMILES string of the molecule is CC(C)c1c(O)ccc(CO)c1CO. The summed E-state index contributed by atoms with van der Waals surface area (Å²) >= 11 is 0. The Kier molecular flexibility index (Phi) is 3.49. The van der Waals surface area contributed by atoms with Crippen molar-refractivity contribution in [3.8, 4) is 5.75 Å². The van der Waals surface area contributed by atoms with Gasteiger partial charge in [-0.1, -0.05) is 19.9 Å². The molecule has 3 heteroatoms. The number of phenols is 1. The van der Waals surface area contributed by atoms with Gasteiger partial charge in [0, 0.05) is 5.56 Å². The molecule has 0 aliphatic heterocycles. The number of aliphatic hydroxyl groups excluding tert-OH is 2. The van der Waals surface area contributed by atoms with Crippen molar-refractivity contribution in [2.45, 2.75) is 33.0 Å². The van der Waals surface area contributed by atoms with Crippen molar-refractivity contribution in [2.24, 2.45) is 0 Å². The molecule has 0 heterocycles. The van der Waals surface area contributed by atoms with E-state index in [9.17, 15) is 10.2 Å². The van der Waals surface area contributed by atoms with Crippen molar-refractivity contribution in [3.63, 3.8) is 0 Å². The van der Waals surface area contributed by atoms with E-state index in [0.29, 0.717) is 11.1 Å². The zero-order valence-electron chi connectivity index (χ0n) is 8.49. The van der Waals surface area contributed by atoms with Gasteiger partial charge in [0.05, 0.1) is 13.2 Å². The van der Waals surface area contributed by atoms with E-state index in [1.807, 2.05) is 13.8 Å². The standard InChI is InChI=1S/C11H16O3/c1-7(2)11-9(6-13)8(5-12)3-4-10(11)14/h3-4,7,12-14H,5-6H2,1-2H3. The van der Waals surface area contributed by atoms with Crippen molar-refractivity contribution < 1.29 is 15.3 Å². The average Bonchev–Trinajstić information content (AvgIpc) is 2.16. The Morgan fingerprint density at radius 2 is 1.79 bits per heavy atom. The number of hydrogen-bond acceptors (Lipinski definition) is 3. The second-order valence-corrected chi connectivity index (χ2v) is 3.61. The van der Waals surface area contributed by atoms with E-state index >= 15 is 0 Å². The van der Waals surface area contributed by atoms with E-state index in [0.717, 1.165) is 5.56 Å². The lowest BCUT2D eigenvalue weighted by atomic mass is 9.93. The molecular formula is C11H16O3. The zero-order valence-corrected chi connectivity index (χ0v) is 8.49. The molecule has 0 saturated heterocycles. The lowest BCUT2D eigenvalue weighted by Crippen LogP contribution is -2.02. The molecule has 1 aromatic rings. The molecule has 78 valence electrons. The molecule has 0 saturated carbocycles. The molecule has 0 aliphatic rings. The van der Waals surface area contributed by atoms with Crippen LogP contribution in [0.1, 0.15) is 36.5 Å². The molecule has 3 nitrogen and oxygen atoms in total. The molecule has 0 aromatic heterocycles. The number of benzene rings is 1. The second kappa shape index (κ2) is 4.44. The van der Waals surface area contributed by atoms with E-state index in [1.54, 1.807) is 12.1 Å². The highest BCUT2D eigenvalue weighted by atomic mass is 16.3. The summed E-state index contributed by atoms with van der Waals surface area (Å²) < 4.78 is 0. The molecule has 0 amide bonds. The summed E-state index contributed by atoms with van der Waals surface area (Å²) in [6, 6.07) is 3.19. The minimum atomic E-state index is -0.155. The van der Waals surface area contributed by atoms with Gasteiger partial charge in [0.2, 0.25) is 0 Å². The van der Waals surface area contributed by atoms with Crippen molar-refractivity contribution in [2.75, 3.05) is 0 Å². The predicted octanol–water partition coefficient (Wildman–Crippen LogP) is 1.50. The Morgan fingerprint density at radius 3 is 2.21 bits per heavy atom. The molecule has 0 spiro atoms. The summed E-state index contributed by atoms with van der Waals surface area (Å²) in [4.78, 5) is 0. The normalized spacial score (nSPS) is 10.9. The molecule has 0 atom stereocenters. The third kappa shape index (κ3) is 1.89. The lowest BCUT2D eigenvalue weighted by molar-refractivity contribution is 0.257. The van der Waals surface area contributed by atoms with Crippen LogP contribution in [0.5, 0.6) is 5.75 Å². The molecule has 1 aromatic carbocycles. The smallest absolute Gasteiger partial charge is 0.119 e. The van der Waals surface area contributed by atoms with Crippen LogP contribution >= 0.6 is 0 Å². The van der Waals surface area contributed by atoms with Crippen molar-refractivity contribution in [1.82, 2.24) is 0 Å². The van der Waals surface area contributed by atoms with Gasteiger partial charge in [-0.25, -0.2) is 0 Å². The van der Waals surface area contributed by atoms with Gasteiger partial charge in [0.25, 0.3) is 0 Å². The first-order valence-corrected chi connectivity index (χ1v) is 4.67. The third-order valence-corrected chi connectivity index (χ3v) is 2.34. The van der Waals surface area contributed by atoms with Gasteiger partial charge >= 0.3 is 0 Å². The maximum atomic E-state index is 9.62. The van der Waals surface area contributed by atoms with Crippen LogP contribution < -0.4 is 0 Å². The second-order valence-electron chi connectivity index (χ2n) is 3.61. The van der Waals surface area contributed by atoms with Crippen molar-refractivity contribution in [1.29, 1.82) is 0 Å². The fourth-order valence-electron chi connectivity index (χ4n) is 1.68. The van der Waals surface area contributed by atoms with E-state index in [-0.39, 0.29) is 24.9 Å². The highest BCUT2D eigenvalue weighted by Gasteiger charge is 2.14. The highest BCUT2D eigenvalue weighted by molar-refractivity contribution is 5.45. The highest BCUT2D eigenvalue weighted by Crippen LogP contribution is 2.31. The van der Waals surface area contributed by atoms with Crippen molar-refractivity contribution in [3.05, 3.63) is 28.8 Å². The fraction of sp³-hybridized carbons (Fsp3) is 0.455. The van der Waals surface area contributed by atoms with Crippen LogP contribution in [0.3, 0.4) is 0 Å². The van der Waals surface area contributed by atoms with Gasteiger partial charge in [-0.05, 0) is 23.1 Å². The molecule has 1 rings (SSSR count). The Morgan fingerprint density at radius 1 is 1.14 bits per heavy atom. The number of aromatic hydroxyl groups is 1. The molecular weight excluding hydrogens is 180 g/mol. The Labute approximate surface area is 83.6 Å². The van der Waals surface area contributed by atoms with Crippen LogP contribution in [-0.4, -0.2) is 15.3 Å². The quantitative estimate of drug-likeness (QED) is 0.686. The maximum absolute atomic E-state index is 9.62. The summed E-state index contributed by atoms with van der Waals surface area (Å²) in [5.41, 5.74) is 2.04. The summed E-state index contributed by atoms with van der Waals surface area (Å²) in [6.45, 7) is 3.61. The minimum absolute atomic E-state index is 0.115. The van der Waals surface area contributed by atoms with Gasteiger partial charge in [-0.3, -0.25) is 0 Å². The van der Waals surface area contributed by atoms with Crippen LogP contribution in [0.2, 0.25) is 0 Å². The number of phenolic OH excluding ortho intramolecular Hbond substituents is 1. The zero-order chi connectivity index (χ0) is 10.7. The van der Waals surface area contributed by atoms with Crippen LogP contribution in [0.25, 0.3) is 0 Å². The largest absolute Gasteiger partial charge is 0.508 e. The third-order valence-electron chi connectivity index (χ3n) is 2.34. The topological polar surface area (TPSA) is 60.7 Å². The monoisotopic (exact) mass is 196 g/mol. The van der Waals surface area contributed by atoms with Crippen molar-refractivity contribution >= 4 is 0 Å². The number of aliphatic hydroxyl groups is 2. The first-order valence-electron chi connectivity index (χ1n) is 4.67. The summed E-state index contributed by atoms with van der Waals surface area (Å²) in [6.07, 6.45) is 0. The van der Waals surface area contributed by atoms with Gasteiger partial charge in [-0.2, -0.15) is 0 Å². The molecule has 14 heavy (non-hydrogen) atoms. The molecule has 0 aliphatic carbocycles. The molecule has 3 N–H and O–H groups in total. The maximum Gasteiger partial charge on any atom is 0.119 e. The molecule has 0 radical (unpaired) electrons. The minimum Gasteiger partial charge on any atom is -0.508 e. The first kappa shape index (κ1) is 11.0. The fourth-order valence-corrected chi connectivity index (χ4v) is 1.68. The van der Waals surface area contributed by atoms with Gasteiger partial charge in [0.1, 0.15) is 5.75 Å².